The van der Waals surface area contributed by atoms with Gasteiger partial charge in [0.1, 0.15) is 6.61 Å². The number of hydrogen-bond acceptors (Lipinski definition) is 3. The quantitative estimate of drug-likeness (QED) is 0.774. The SMILES string of the molecule is C=CCOC(=O)N(CCC(=O)O)Cc1cccc(Br)c1. The minimum Gasteiger partial charge on any atom is -0.481 e. The summed E-state index contributed by atoms with van der Waals surface area (Å²) in [5.41, 5.74) is 0.889. The molecule has 0 aliphatic heterocycles. The molecule has 0 aliphatic carbocycles. The Labute approximate surface area is 126 Å². The monoisotopic (exact) mass is 341 g/mol. The van der Waals surface area contributed by atoms with Crippen molar-refractivity contribution in [3.63, 3.8) is 0 Å². The number of ether oxygens (including phenoxy) is 1. The van der Waals surface area contributed by atoms with E-state index in [0.29, 0.717) is 6.54 Å². The average molecular weight is 342 g/mol. The number of rotatable bonds is 7. The van der Waals surface area contributed by atoms with Crippen LogP contribution in [-0.4, -0.2) is 35.2 Å². The van der Waals surface area contributed by atoms with Crippen LogP contribution in [-0.2, 0) is 16.1 Å². The van der Waals surface area contributed by atoms with Crippen LogP contribution in [0.25, 0.3) is 0 Å². The minimum absolute atomic E-state index is 0.0951. The number of aliphatic carboxylic acids is 1. The number of nitrogens with zero attached hydrogens (tertiary/aromatic N) is 1. The first kappa shape index (κ1) is 16.2. The maximum Gasteiger partial charge on any atom is 0.410 e. The average Bonchev–Trinajstić information content (AvgIpc) is 2.40. The van der Waals surface area contributed by atoms with Gasteiger partial charge in [0.25, 0.3) is 0 Å². The van der Waals surface area contributed by atoms with Gasteiger partial charge in [-0.05, 0) is 17.7 Å². The molecular weight excluding hydrogens is 326 g/mol. The summed E-state index contributed by atoms with van der Waals surface area (Å²) in [5, 5.41) is 8.73. The van der Waals surface area contributed by atoms with Gasteiger partial charge in [0.05, 0.1) is 6.42 Å². The van der Waals surface area contributed by atoms with E-state index in [-0.39, 0.29) is 19.6 Å². The second kappa shape index (κ2) is 8.37. The predicted octanol–water partition coefficient (Wildman–Crippen LogP) is 3.05. The molecule has 0 bridgehead atoms. The van der Waals surface area contributed by atoms with Gasteiger partial charge >= 0.3 is 12.1 Å². The van der Waals surface area contributed by atoms with Crippen molar-refractivity contribution < 1.29 is 19.4 Å². The van der Waals surface area contributed by atoms with Gasteiger partial charge in [0.2, 0.25) is 0 Å². The van der Waals surface area contributed by atoms with Crippen LogP contribution in [0.4, 0.5) is 4.79 Å². The molecule has 0 aromatic heterocycles. The standard InChI is InChI=1S/C14H16BrNO4/c1-2-8-20-14(19)16(7-6-13(17)18)10-11-4-3-5-12(15)9-11/h2-5,9H,1,6-8,10H2,(H,17,18). The molecule has 20 heavy (non-hydrogen) atoms. The van der Waals surface area contributed by atoms with Crippen LogP contribution in [0.1, 0.15) is 12.0 Å². The van der Waals surface area contributed by atoms with Crippen molar-refractivity contribution in [1.82, 2.24) is 4.90 Å². The minimum atomic E-state index is -0.958. The van der Waals surface area contributed by atoms with Gasteiger partial charge in [0, 0.05) is 17.6 Å². The largest absolute Gasteiger partial charge is 0.481 e. The van der Waals surface area contributed by atoms with Crippen LogP contribution < -0.4 is 0 Å². The fraction of sp³-hybridized carbons (Fsp3) is 0.286. The molecule has 1 aromatic carbocycles. The van der Waals surface area contributed by atoms with Crippen molar-refractivity contribution in [2.75, 3.05) is 13.2 Å². The topological polar surface area (TPSA) is 66.8 Å². The van der Waals surface area contributed by atoms with Crippen molar-refractivity contribution in [3.05, 3.63) is 47.0 Å². The lowest BCUT2D eigenvalue weighted by molar-refractivity contribution is -0.137. The van der Waals surface area contributed by atoms with Crippen molar-refractivity contribution in [2.45, 2.75) is 13.0 Å². The van der Waals surface area contributed by atoms with Crippen LogP contribution in [0.3, 0.4) is 0 Å². The lowest BCUT2D eigenvalue weighted by Gasteiger charge is -2.21. The Bertz CT molecular complexity index is 490. The number of halogens is 1. The highest BCUT2D eigenvalue weighted by Crippen LogP contribution is 2.14. The summed E-state index contributed by atoms with van der Waals surface area (Å²) in [6.07, 6.45) is 0.787. The van der Waals surface area contributed by atoms with Gasteiger partial charge in [-0.3, -0.25) is 4.79 Å². The molecule has 108 valence electrons. The second-order valence-electron chi connectivity index (χ2n) is 4.06. The molecule has 1 rings (SSSR count). The molecule has 0 saturated heterocycles. The summed E-state index contributed by atoms with van der Waals surface area (Å²) >= 11 is 3.35. The molecule has 0 unspecified atom stereocenters. The van der Waals surface area contributed by atoms with Crippen LogP contribution in [0, 0.1) is 0 Å². The van der Waals surface area contributed by atoms with Gasteiger partial charge in [-0.1, -0.05) is 40.7 Å². The molecule has 1 N–H and O–H groups in total. The molecule has 0 spiro atoms. The Hall–Kier alpha value is -1.82. The van der Waals surface area contributed by atoms with E-state index in [0.717, 1.165) is 10.0 Å². The summed E-state index contributed by atoms with van der Waals surface area (Å²) in [7, 11) is 0. The molecule has 5 nitrogen and oxygen atoms in total. The zero-order chi connectivity index (χ0) is 15.0. The van der Waals surface area contributed by atoms with E-state index in [4.69, 9.17) is 9.84 Å². The van der Waals surface area contributed by atoms with E-state index < -0.39 is 12.1 Å². The summed E-state index contributed by atoms with van der Waals surface area (Å²) in [5.74, 6) is -0.958. The summed E-state index contributed by atoms with van der Waals surface area (Å²) in [4.78, 5) is 23.9. The lowest BCUT2D eigenvalue weighted by Crippen LogP contribution is -2.33. The zero-order valence-corrected chi connectivity index (χ0v) is 12.5. The molecule has 0 saturated carbocycles. The maximum absolute atomic E-state index is 11.9. The van der Waals surface area contributed by atoms with Crippen LogP contribution in [0.2, 0.25) is 0 Å². The number of carboxylic acid groups (broad SMARTS) is 1. The Kier molecular flexibility index (Phi) is 6.79. The van der Waals surface area contributed by atoms with E-state index in [9.17, 15) is 9.59 Å². The van der Waals surface area contributed by atoms with Crippen LogP contribution in [0.15, 0.2) is 41.4 Å². The van der Waals surface area contributed by atoms with Gasteiger partial charge in [0.15, 0.2) is 0 Å². The normalized spacial score (nSPS) is 9.85. The first-order chi connectivity index (χ1) is 9.52. The second-order valence-corrected chi connectivity index (χ2v) is 4.98. The lowest BCUT2D eigenvalue weighted by atomic mass is 10.2. The Balaban J connectivity index is 2.72. The Morgan fingerprint density at radius 2 is 2.20 bits per heavy atom. The van der Waals surface area contributed by atoms with Crippen LogP contribution in [0.5, 0.6) is 0 Å². The maximum atomic E-state index is 11.9. The summed E-state index contributed by atoms with van der Waals surface area (Å²) in [6, 6.07) is 7.46. The first-order valence-corrected chi connectivity index (χ1v) is 6.81. The Morgan fingerprint density at radius 3 is 2.80 bits per heavy atom. The highest BCUT2D eigenvalue weighted by molar-refractivity contribution is 9.10. The van der Waals surface area contributed by atoms with Gasteiger partial charge < -0.3 is 14.7 Å². The number of carbonyl (C=O) groups excluding carboxylic acids is 1. The molecule has 0 fully saturated rings. The third-order valence-electron chi connectivity index (χ3n) is 2.44. The number of carboxylic acids is 1. The zero-order valence-electron chi connectivity index (χ0n) is 10.9. The molecule has 0 atom stereocenters. The number of carbonyl (C=O) groups is 2. The number of hydrogen-bond donors (Lipinski definition) is 1. The van der Waals surface area contributed by atoms with Gasteiger partial charge in [-0.25, -0.2) is 4.79 Å². The Morgan fingerprint density at radius 1 is 1.45 bits per heavy atom. The smallest absolute Gasteiger partial charge is 0.410 e. The first-order valence-electron chi connectivity index (χ1n) is 6.01. The molecule has 0 radical (unpaired) electrons. The van der Waals surface area contributed by atoms with Crippen molar-refractivity contribution in [1.29, 1.82) is 0 Å². The predicted molar refractivity (Wildman–Crippen MR) is 78.3 cm³/mol. The molecule has 1 amide bonds. The van der Waals surface area contributed by atoms with E-state index in [1.165, 1.54) is 11.0 Å². The van der Waals surface area contributed by atoms with E-state index in [1.807, 2.05) is 24.3 Å². The molecule has 6 heteroatoms. The number of benzene rings is 1. The third kappa shape index (κ3) is 5.88. The van der Waals surface area contributed by atoms with E-state index in [1.54, 1.807) is 0 Å². The van der Waals surface area contributed by atoms with Gasteiger partial charge in [-0.15, -0.1) is 0 Å². The molecule has 1 aromatic rings. The van der Waals surface area contributed by atoms with E-state index in [2.05, 4.69) is 22.5 Å². The highest BCUT2D eigenvalue weighted by atomic mass is 79.9. The summed E-state index contributed by atoms with van der Waals surface area (Å²) < 4.78 is 5.85. The molecule has 0 heterocycles. The van der Waals surface area contributed by atoms with Gasteiger partial charge in [-0.2, -0.15) is 0 Å². The highest BCUT2D eigenvalue weighted by Gasteiger charge is 2.16. The van der Waals surface area contributed by atoms with E-state index >= 15 is 0 Å². The van der Waals surface area contributed by atoms with Crippen molar-refractivity contribution >= 4 is 28.0 Å². The number of amides is 1. The molecule has 0 aliphatic rings. The summed E-state index contributed by atoms with van der Waals surface area (Å²) in [6.45, 7) is 3.95. The fourth-order valence-electron chi connectivity index (χ4n) is 1.54. The fourth-order valence-corrected chi connectivity index (χ4v) is 1.99. The molecular formula is C14H16BrNO4. The van der Waals surface area contributed by atoms with Crippen LogP contribution >= 0.6 is 15.9 Å². The third-order valence-corrected chi connectivity index (χ3v) is 2.93. The van der Waals surface area contributed by atoms with Crippen molar-refractivity contribution in [2.24, 2.45) is 0 Å². The van der Waals surface area contributed by atoms with Crippen molar-refractivity contribution in [3.8, 4) is 0 Å².